The minimum atomic E-state index is -0.598. The molecule has 6 heteroatoms. The van der Waals surface area contributed by atoms with Gasteiger partial charge in [0.15, 0.2) is 11.6 Å². The van der Waals surface area contributed by atoms with Gasteiger partial charge in [-0.25, -0.2) is 8.78 Å². The number of hydrogen-bond donors (Lipinski definition) is 0. The van der Waals surface area contributed by atoms with E-state index in [0.29, 0.717) is 19.7 Å². The maximum Gasteiger partial charge on any atom is 0.260 e. The summed E-state index contributed by atoms with van der Waals surface area (Å²) < 4.78 is 38.5. The number of methoxy groups -OCH3 is 1. The quantitative estimate of drug-likeness (QED) is 0.811. The second-order valence-corrected chi connectivity index (χ2v) is 6.32. The van der Waals surface area contributed by atoms with Crippen molar-refractivity contribution in [3.8, 4) is 11.5 Å². The summed E-state index contributed by atoms with van der Waals surface area (Å²) in [5, 5.41) is 0. The maximum atomic E-state index is 14.2. The number of amides is 1. The zero-order chi connectivity index (χ0) is 18.5. The molecule has 4 nitrogen and oxygen atoms in total. The van der Waals surface area contributed by atoms with Crippen LogP contribution in [-0.2, 0) is 0 Å². The van der Waals surface area contributed by atoms with Crippen LogP contribution in [0.1, 0.15) is 23.2 Å². The fourth-order valence-electron chi connectivity index (χ4n) is 3.20. The predicted octanol–water partition coefficient (Wildman–Crippen LogP) is 3.90. The molecule has 1 aliphatic rings. The Labute approximate surface area is 151 Å². The van der Waals surface area contributed by atoms with Crippen LogP contribution < -0.4 is 9.47 Å². The Morgan fingerprint density at radius 1 is 1.12 bits per heavy atom. The van der Waals surface area contributed by atoms with Gasteiger partial charge in [-0.1, -0.05) is 18.2 Å². The Morgan fingerprint density at radius 3 is 2.62 bits per heavy atom. The normalized spacial score (nSPS) is 17.0. The van der Waals surface area contributed by atoms with Crippen molar-refractivity contribution in [2.24, 2.45) is 5.92 Å². The number of nitrogens with zero attached hydrogens (tertiary/aromatic N) is 1. The number of hydrogen-bond acceptors (Lipinski definition) is 3. The first-order valence-corrected chi connectivity index (χ1v) is 8.59. The van der Waals surface area contributed by atoms with Crippen LogP contribution in [0.2, 0.25) is 0 Å². The standard InChI is InChI=1S/C20H21F2NO3/c1-25-18-10-4-8-16(22)19(18)20(24)23-11-5-6-14(12-23)13-26-17-9-3-2-7-15(17)21/h2-4,7-10,14H,5-6,11-13H2,1H3. The molecule has 1 amide bonds. The third kappa shape index (κ3) is 3.95. The number of halogens is 2. The molecule has 26 heavy (non-hydrogen) atoms. The van der Waals surface area contributed by atoms with Gasteiger partial charge < -0.3 is 14.4 Å². The predicted molar refractivity (Wildman–Crippen MR) is 93.5 cm³/mol. The molecule has 2 aromatic rings. The number of ether oxygens (including phenoxy) is 2. The van der Waals surface area contributed by atoms with E-state index in [1.807, 2.05) is 0 Å². The topological polar surface area (TPSA) is 38.8 Å². The Bertz CT molecular complexity index is 781. The molecule has 0 radical (unpaired) electrons. The highest BCUT2D eigenvalue weighted by Gasteiger charge is 2.28. The smallest absolute Gasteiger partial charge is 0.260 e. The maximum absolute atomic E-state index is 14.2. The van der Waals surface area contributed by atoms with E-state index in [1.54, 1.807) is 29.2 Å². The van der Waals surface area contributed by atoms with Crippen LogP contribution in [0.3, 0.4) is 0 Å². The van der Waals surface area contributed by atoms with Crippen LogP contribution in [0.4, 0.5) is 8.78 Å². The number of para-hydroxylation sites is 1. The molecule has 1 atom stereocenters. The third-order valence-corrected chi connectivity index (χ3v) is 4.53. The summed E-state index contributed by atoms with van der Waals surface area (Å²) in [6.45, 7) is 1.29. The molecule has 0 spiro atoms. The minimum Gasteiger partial charge on any atom is -0.496 e. The number of benzene rings is 2. The van der Waals surface area contributed by atoms with E-state index in [0.717, 1.165) is 12.8 Å². The van der Waals surface area contributed by atoms with E-state index < -0.39 is 17.5 Å². The zero-order valence-corrected chi connectivity index (χ0v) is 14.6. The number of carbonyl (C=O) groups excluding carboxylic acids is 1. The Morgan fingerprint density at radius 2 is 1.85 bits per heavy atom. The number of rotatable bonds is 5. The number of likely N-dealkylation sites (tertiary alicyclic amines) is 1. The van der Waals surface area contributed by atoms with Gasteiger partial charge in [0.05, 0.1) is 13.7 Å². The Balaban J connectivity index is 1.67. The fraction of sp³-hybridized carbons (Fsp3) is 0.350. The average Bonchev–Trinajstić information content (AvgIpc) is 2.67. The van der Waals surface area contributed by atoms with Gasteiger partial charge in [0, 0.05) is 19.0 Å². The number of carbonyl (C=O) groups is 1. The van der Waals surface area contributed by atoms with E-state index in [1.165, 1.54) is 25.3 Å². The van der Waals surface area contributed by atoms with Crippen LogP contribution in [-0.4, -0.2) is 37.6 Å². The first-order valence-electron chi connectivity index (χ1n) is 8.59. The molecule has 1 heterocycles. The highest BCUT2D eigenvalue weighted by molar-refractivity contribution is 5.97. The van der Waals surface area contributed by atoms with E-state index in [9.17, 15) is 13.6 Å². The molecular formula is C20H21F2NO3. The van der Waals surface area contributed by atoms with Crippen molar-refractivity contribution < 1.29 is 23.0 Å². The van der Waals surface area contributed by atoms with Crippen molar-refractivity contribution in [3.05, 3.63) is 59.7 Å². The second kappa shape index (κ2) is 8.17. The van der Waals surface area contributed by atoms with E-state index >= 15 is 0 Å². The zero-order valence-electron chi connectivity index (χ0n) is 14.6. The van der Waals surface area contributed by atoms with Crippen molar-refractivity contribution in [3.63, 3.8) is 0 Å². The fourth-order valence-corrected chi connectivity index (χ4v) is 3.20. The van der Waals surface area contributed by atoms with Crippen molar-refractivity contribution in [1.82, 2.24) is 4.90 Å². The summed E-state index contributed by atoms with van der Waals surface area (Å²) in [6.07, 6.45) is 1.65. The molecule has 1 fully saturated rings. The van der Waals surface area contributed by atoms with E-state index in [2.05, 4.69) is 0 Å². The highest BCUT2D eigenvalue weighted by Crippen LogP contribution is 2.26. The lowest BCUT2D eigenvalue weighted by molar-refractivity contribution is 0.0623. The van der Waals surface area contributed by atoms with Gasteiger partial charge in [-0.2, -0.15) is 0 Å². The van der Waals surface area contributed by atoms with Gasteiger partial charge in [-0.15, -0.1) is 0 Å². The summed E-state index contributed by atoms with van der Waals surface area (Å²) >= 11 is 0. The lowest BCUT2D eigenvalue weighted by Crippen LogP contribution is -2.42. The van der Waals surface area contributed by atoms with Gasteiger partial charge in [-0.05, 0) is 37.1 Å². The van der Waals surface area contributed by atoms with Crippen LogP contribution >= 0.6 is 0 Å². The SMILES string of the molecule is COc1cccc(F)c1C(=O)N1CCCC(COc2ccccc2F)C1. The molecule has 0 aromatic heterocycles. The summed E-state index contributed by atoms with van der Waals surface area (Å²) in [5.41, 5.74) is -0.0503. The Hall–Kier alpha value is -2.63. The first kappa shape index (κ1) is 18.2. The molecule has 0 saturated carbocycles. The molecule has 0 N–H and O–H groups in total. The number of piperidine rings is 1. The molecule has 1 unspecified atom stereocenters. The van der Waals surface area contributed by atoms with Crippen LogP contribution in [0.25, 0.3) is 0 Å². The highest BCUT2D eigenvalue weighted by atomic mass is 19.1. The molecule has 0 aliphatic carbocycles. The van der Waals surface area contributed by atoms with Crippen LogP contribution in [0.15, 0.2) is 42.5 Å². The third-order valence-electron chi connectivity index (χ3n) is 4.53. The summed E-state index contributed by atoms with van der Waals surface area (Å²) in [4.78, 5) is 14.4. The lowest BCUT2D eigenvalue weighted by Gasteiger charge is -2.33. The van der Waals surface area contributed by atoms with Crippen LogP contribution in [0.5, 0.6) is 11.5 Å². The largest absolute Gasteiger partial charge is 0.496 e. The molecule has 2 aromatic carbocycles. The lowest BCUT2D eigenvalue weighted by atomic mass is 9.98. The molecule has 3 rings (SSSR count). The average molecular weight is 361 g/mol. The summed E-state index contributed by atoms with van der Waals surface area (Å²) in [5.74, 6) is -0.918. The molecular weight excluding hydrogens is 340 g/mol. The van der Waals surface area contributed by atoms with Gasteiger partial charge in [0.25, 0.3) is 5.91 Å². The summed E-state index contributed by atoms with van der Waals surface area (Å²) in [6, 6.07) is 10.6. The molecule has 138 valence electrons. The van der Waals surface area contributed by atoms with E-state index in [-0.39, 0.29) is 23.0 Å². The first-order chi connectivity index (χ1) is 12.6. The van der Waals surface area contributed by atoms with Gasteiger partial charge in [0.2, 0.25) is 0 Å². The second-order valence-electron chi connectivity index (χ2n) is 6.32. The summed E-state index contributed by atoms with van der Waals surface area (Å²) in [7, 11) is 1.41. The minimum absolute atomic E-state index is 0.0503. The monoisotopic (exact) mass is 361 g/mol. The van der Waals surface area contributed by atoms with Gasteiger partial charge in [-0.3, -0.25) is 4.79 Å². The van der Waals surface area contributed by atoms with Crippen molar-refractivity contribution in [2.45, 2.75) is 12.8 Å². The van der Waals surface area contributed by atoms with Crippen molar-refractivity contribution in [1.29, 1.82) is 0 Å². The van der Waals surface area contributed by atoms with Gasteiger partial charge >= 0.3 is 0 Å². The van der Waals surface area contributed by atoms with Gasteiger partial charge in [0.1, 0.15) is 17.1 Å². The molecule has 0 bridgehead atoms. The Kier molecular flexibility index (Phi) is 5.71. The van der Waals surface area contributed by atoms with Crippen molar-refractivity contribution in [2.75, 3.05) is 26.8 Å². The molecule has 1 aliphatic heterocycles. The molecule has 1 saturated heterocycles. The van der Waals surface area contributed by atoms with Crippen molar-refractivity contribution >= 4 is 5.91 Å². The van der Waals surface area contributed by atoms with Crippen LogP contribution in [0, 0.1) is 17.6 Å². The van der Waals surface area contributed by atoms with E-state index in [4.69, 9.17) is 9.47 Å².